The molecule has 0 bridgehead atoms. The number of nitrogens with zero attached hydrogens (tertiary/aromatic N) is 1. The zero-order valence-electron chi connectivity index (χ0n) is 17.2. The molecule has 29 heavy (non-hydrogen) atoms. The van der Waals surface area contributed by atoms with Crippen molar-refractivity contribution < 1.29 is 23.8 Å². The summed E-state index contributed by atoms with van der Waals surface area (Å²) in [5, 5.41) is 2.89. The Kier molecular flexibility index (Phi) is 6.26. The van der Waals surface area contributed by atoms with Crippen molar-refractivity contribution in [3.63, 3.8) is 0 Å². The maximum atomic E-state index is 12.9. The summed E-state index contributed by atoms with van der Waals surface area (Å²) >= 11 is 0. The number of carbonyl (C=O) groups excluding carboxylic acids is 2. The smallest absolute Gasteiger partial charge is 0.259 e. The van der Waals surface area contributed by atoms with Crippen molar-refractivity contribution >= 4 is 23.2 Å². The highest BCUT2D eigenvalue weighted by Crippen LogP contribution is 2.40. The van der Waals surface area contributed by atoms with Crippen LogP contribution in [0.15, 0.2) is 30.3 Å². The molecule has 2 aromatic carbocycles. The normalized spacial score (nSPS) is 13.8. The van der Waals surface area contributed by atoms with Crippen LogP contribution in [0.3, 0.4) is 0 Å². The van der Waals surface area contributed by atoms with E-state index in [2.05, 4.69) is 5.32 Å². The monoisotopic (exact) mass is 398 g/mol. The molecule has 1 aliphatic rings. The Morgan fingerprint density at radius 2 is 1.76 bits per heavy atom. The molecule has 0 aromatic heterocycles. The number of carbonyl (C=O) groups is 2. The third-order valence-electron chi connectivity index (χ3n) is 5.02. The number of aryl methyl sites for hydroxylation is 1. The average Bonchev–Trinajstić information content (AvgIpc) is 2.73. The first-order valence-corrected chi connectivity index (χ1v) is 9.51. The Balaban J connectivity index is 1.84. The highest BCUT2D eigenvalue weighted by atomic mass is 16.5. The molecule has 2 aromatic rings. The lowest BCUT2D eigenvalue weighted by Gasteiger charge is -2.28. The van der Waals surface area contributed by atoms with Gasteiger partial charge >= 0.3 is 0 Å². The number of hydrogen-bond donors (Lipinski definition) is 1. The maximum absolute atomic E-state index is 12.9. The zero-order chi connectivity index (χ0) is 21.0. The Labute approximate surface area is 170 Å². The molecule has 2 amide bonds. The second-order valence-corrected chi connectivity index (χ2v) is 6.84. The van der Waals surface area contributed by atoms with E-state index in [0.29, 0.717) is 34.9 Å². The van der Waals surface area contributed by atoms with E-state index in [4.69, 9.17) is 14.2 Å². The standard InChI is InChI=1S/C22H26N2O5/c1-14-13-15(8-10-17(14)24-12-6-5-7-19(24)25)23-22(26)16-9-11-18(27-2)21(29-4)20(16)28-3/h8-11,13H,5-7,12H2,1-4H3,(H,23,26). The van der Waals surface area contributed by atoms with E-state index < -0.39 is 0 Å². The molecule has 1 fully saturated rings. The van der Waals surface area contributed by atoms with Crippen LogP contribution in [0.1, 0.15) is 35.2 Å². The van der Waals surface area contributed by atoms with Gasteiger partial charge in [-0.05, 0) is 55.7 Å². The summed E-state index contributed by atoms with van der Waals surface area (Å²) in [6.07, 6.45) is 2.52. The number of anilines is 2. The van der Waals surface area contributed by atoms with Gasteiger partial charge in [0.25, 0.3) is 5.91 Å². The maximum Gasteiger partial charge on any atom is 0.259 e. The van der Waals surface area contributed by atoms with E-state index in [1.54, 1.807) is 18.2 Å². The van der Waals surface area contributed by atoms with Gasteiger partial charge in [0, 0.05) is 24.3 Å². The third-order valence-corrected chi connectivity index (χ3v) is 5.02. The minimum Gasteiger partial charge on any atom is -0.493 e. The van der Waals surface area contributed by atoms with Gasteiger partial charge in [0.1, 0.15) is 0 Å². The minimum absolute atomic E-state index is 0.145. The zero-order valence-corrected chi connectivity index (χ0v) is 17.2. The molecule has 7 heteroatoms. The molecule has 0 aliphatic carbocycles. The molecule has 0 radical (unpaired) electrons. The molecule has 0 saturated carbocycles. The number of amides is 2. The summed E-state index contributed by atoms with van der Waals surface area (Å²) in [6, 6.07) is 8.83. The second kappa shape index (κ2) is 8.86. The first kappa shape index (κ1) is 20.5. The van der Waals surface area contributed by atoms with Gasteiger partial charge in [0.15, 0.2) is 11.5 Å². The number of hydrogen-bond acceptors (Lipinski definition) is 5. The summed E-state index contributed by atoms with van der Waals surface area (Å²) in [5.41, 5.74) is 2.78. The van der Waals surface area contributed by atoms with Gasteiger partial charge in [-0.15, -0.1) is 0 Å². The molecule has 0 unspecified atom stereocenters. The molecule has 1 heterocycles. The quantitative estimate of drug-likeness (QED) is 0.801. The lowest BCUT2D eigenvalue weighted by atomic mass is 10.1. The molecule has 0 spiro atoms. The van der Waals surface area contributed by atoms with Gasteiger partial charge in [0.05, 0.1) is 26.9 Å². The van der Waals surface area contributed by atoms with Crippen molar-refractivity contribution in [1.29, 1.82) is 0 Å². The molecule has 1 aliphatic heterocycles. The van der Waals surface area contributed by atoms with E-state index in [0.717, 1.165) is 30.6 Å². The highest BCUT2D eigenvalue weighted by molar-refractivity contribution is 6.07. The lowest BCUT2D eigenvalue weighted by Crippen LogP contribution is -2.35. The van der Waals surface area contributed by atoms with Gasteiger partial charge in [0.2, 0.25) is 11.7 Å². The summed E-state index contributed by atoms with van der Waals surface area (Å²) in [7, 11) is 4.49. The van der Waals surface area contributed by atoms with Gasteiger partial charge in [-0.3, -0.25) is 9.59 Å². The summed E-state index contributed by atoms with van der Waals surface area (Å²) in [5.74, 6) is 0.955. The van der Waals surface area contributed by atoms with E-state index in [-0.39, 0.29) is 11.8 Å². The highest BCUT2D eigenvalue weighted by Gasteiger charge is 2.23. The lowest BCUT2D eigenvalue weighted by molar-refractivity contribution is -0.119. The Hall–Kier alpha value is -3.22. The molecule has 7 nitrogen and oxygen atoms in total. The van der Waals surface area contributed by atoms with Gasteiger partial charge in [-0.25, -0.2) is 0 Å². The van der Waals surface area contributed by atoms with Gasteiger partial charge < -0.3 is 24.4 Å². The topological polar surface area (TPSA) is 77.1 Å². The van der Waals surface area contributed by atoms with Crippen LogP contribution in [-0.4, -0.2) is 39.7 Å². The van der Waals surface area contributed by atoms with Crippen molar-refractivity contribution in [2.24, 2.45) is 0 Å². The number of rotatable bonds is 6. The van der Waals surface area contributed by atoms with Crippen molar-refractivity contribution in [2.75, 3.05) is 38.1 Å². The number of piperidine rings is 1. The average molecular weight is 398 g/mol. The summed E-state index contributed by atoms with van der Waals surface area (Å²) < 4.78 is 16.0. The van der Waals surface area contributed by atoms with Crippen LogP contribution < -0.4 is 24.4 Å². The first-order valence-electron chi connectivity index (χ1n) is 9.51. The Bertz CT molecular complexity index is 926. The fourth-order valence-electron chi connectivity index (χ4n) is 3.58. The Morgan fingerprint density at radius 1 is 1.00 bits per heavy atom. The SMILES string of the molecule is COc1ccc(C(=O)Nc2ccc(N3CCCCC3=O)c(C)c2)c(OC)c1OC. The Morgan fingerprint density at radius 3 is 2.38 bits per heavy atom. The number of benzene rings is 2. The van der Waals surface area contributed by atoms with E-state index in [1.165, 1.54) is 21.3 Å². The fourth-order valence-corrected chi connectivity index (χ4v) is 3.58. The number of nitrogens with one attached hydrogen (secondary N) is 1. The molecular weight excluding hydrogens is 372 g/mol. The van der Waals surface area contributed by atoms with E-state index in [1.807, 2.05) is 24.0 Å². The molecular formula is C22H26N2O5. The van der Waals surface area contributed by atoms with Crippen LogP contribution in [0, 0.1) is 6.92 Å². The molecule has 0 atom stereocenters. The van der Waals surface area contributed by atoms with Crippen LogP contribution in [0.25, 0.3) is 0 Å². The molecule has 3 rings (SSSR count). The van der Waals surface area contributed by atoms with E-state index in [9.17, 15) is 9.59 Å². The van der Waals surface area contributed by atoms with Crippen LogP contribution >= 0.6 is 0 Å². The predicted octanol–water partition coefficient (Wildman–Crippen LogP) is 3.79. The molecule has 1 N–H and O–H groups in total. The first-order chi connectivity index (χ1) is 14.0. The molecule has 154 valence electrons. The third kappa shape index (κ3) is 4.13. The number of methoxy groups -OCH3 is 3. The second-order valence-electron chi connectivity index (χ2n) is 6.84. The largest absolute Gasteiger partial charge is 0.493 e. The van der Waals surface area contributed by atoms with Crippen LogP contribution in [0.2, 0.25) is 0 Å². The minimum atomic E-state index is -0.330. The van der Waals surface area contributed by atoms with Crippen molar-refractivity contribution in [3.8, 4) is 17.2 Å². The summed E-state index contributed by atoms with van der Waals surface area (Å²) in [6.45, 7) is 2.66. The summed E-state index contributed by atoms with van der Waals surface area (Å²) in [4.78, 5) is 26.9. The van der Waals surface area contributed by atoms with Crippen LogP contribution in [0.4, 0.5) is 11.4 Å². The van der Waals surface area contributed by atoms with E-state index >= 15 is 0 Å². The van der Waals surface area contributed by atoms with Crippen LogP contribution in [-0.2, 0) is 4.79 Å². The van der Waals surface area contributed by atoms with Crippen LogP contribution in [0.5, 0.6) is 17.2 Å². The van der Waals surface area contributed by atoms with Crippen molar-refractivity contribution in [3.05, 3.63) is 41.5 Å². The fraction of sp³-hybridized carbons (Fsp3) is 0.364. The van der Waals surface area contributed by atoms with Gasteiger partial charge in [-0.1, -0.05) is 0 Å². The van der Waals surface area contributed by atoms with Gasteiger partial charge in [-0.2, -0.15) is 0 Å². The molecule has 1 saturated heterocycles. The van der Waals surface area contributed by atoms with Crippen molar-refractivity contribution in [2.45, 2.75) is 26.2 Å². The number of ether oxygens (including phenoxy) is 3. The predicted molar refractivity (Wildman–Crippen MR) is 111 cm³/mol. The van der Waals surface area contributed by atoms with Crippen molar-refractivity contribution in [1.82, 2.24) is 0 Å².